The Morgan fingerprint density at radius 1 is 0.607 bits per heavy atom. The minimum absolute atomic E-state index is 0.248. The van der Waals surface area contributed by atoms with E-state index in [0.717, 1.165) is 13.0 Å². The maximum atomic E-state index is 11.5. The van der Waals surface area contributed by atoms with Crippen molar-refractivity contribution in [1.82, 2.24) is 0 Å². The second-order valence-corrected chi connectivity index (χ2v) is 7.46. The summed E-state index contributed by atoms with van der Waals surface area (Å²) in [4.78, 5) is 11.5. The predicted molar refractivity (Wildman–Crippen MR) is 109 cm³/mol. The molecule has 7 heteroatoms. The molecule has 0 saturated heterocycles. The molecular weight excluding hydrogens is 364 g/mol. The summed E-state index contributed by atoms with van der Waals surface area (Å²) < 4.78 is 32.3. The molecule has 0 fully saturated rings. The SMILES string of the molecule is CCCCCCOCCOCCOCCOCCOCCC(=O)OC(C)(C)C. The van der Waals surface area contributed by atoms with Crippen LogP contribution in [0, 0.1) is 0 Å². The molecule has 0 amide bonds. The summed E-state index contributed by atoms with van der Waals surface area (Å²) in [6.45, 7) is 13.2. The lowest BCUT2D eigenvalue weighted by Crippen LogP contribution is -2.24. The predicted octanol–water partition coefficient (Wildman–Crippen LogP) is 3.38. The molecule has 0 unspecified atom stereocenters. The van der Waals surface area contributed by atoms with Gasteiger partial charge in [0.05, 0.1) is 65.9 Å². The molecule has 0 aromatic rings. The molecule has 0 bridgehead atoms. The van der Waals surface area contributed by atoms with Crippen molar-refractivity contribution in [2.24, 2.45) is 0 Å². The molecule has 0 aromatic heterocycles. The average molecular weight is 407 g/mol. The fraction of sp³-hybridized carbons (Fsp3) is 0.952. The molecule has 0 aliphatic heterocycles. The van der Waals surface area contributed by atoms with Gasteiger partial charge in [-0.1, -0.05) is 26.2 Å². The van der Waals surface area contributed by atoms with Gasteiger partial charge in [-0.05, 0) is 27.2 Å². The summed E-state index contributed by atoms with van der Waals surface area (Å²) >= 11 is 0. The molecule has 0 heterocycles. The Hall–Kier alpha value is -0.730. The van der Waals surface area contributed by atoms with Gasteiger partial charge in [0.1, 0.15) is 5.60 Å². The summed E-state index contributed by atoms with van der Waals surface area (Å²) in [6, 6.07) is 0. The molecule has 168 valence electrons. The van der Waals surface area contributed by atoms with Crippen LogP contribution in [0.25, 0.3) is 0 Å². The summed E-state index contributed by atoms with van der Waals surface area (Å²) in [5, 5.41) is 0. The minimum atomic E-state index is -0.451. The van der Waals surface area contributed by atoms with E-state index in [1.807, 2.05) is 20.8 Å². The Morgan fingerprint density at radius 2 is 1.04 bits per heavy atom. The maximum absolute atomic E-state index is 11.5. The lowest BCUT2D eigenvalue weighted by atomic mass is 10.2. The molecule has 0 aromatic carbocycles. The zero-order valence-corrected chi connectivity index (χ0v) is 18.5. The Balaban J connectivity index is 3.11. The van der Waals surface area contributed by atoms with Crippen LogP contribution in [0.2, 0.25) is 0 Å². The van der Waals surface area contributed by atoms with Gasteiger partial charge in [0.15, 0.2) is 0 Å². The number of unbranched alkanes of at least 4 members (excludes halogenated alkanes) is 3. The van der Waals surface area contributed by atoms with E-state index in [1.54, 1.807) is 0 Å². The van der Waals surface area contributed by atoms with Crippen LogP contribution in [-0.4, -0.2) is 77.6 Å². The molecule has 0 atom stereocenters. The van der Waals surface area contributed by atoms with E-state index >= 15 is 0 Å². The zero-order valence-electron chi connectivity index (χ0n) is 18.5. The van der Waals surface area contributed by atoms with E-state index in [4.69, 9.17) is 28.4 Å². The molecule has 7 nitrogen and oxygen atoms in total. The van der Waals surface area contributed by atoms with Crippen LogP contribution in [0.3, 0.4) is 0 Å². The number of ether oxygens (including phenoxy) is 6. The number of rotatable bonds is 20. The quantitative estimate of drug-likeness (QED) is 0.227. The summed E-state index contributed by atoms with van der Waals surface area (Å²) in [5.74, 6) is -0.248. The van der Waals surface area contributed by atoms with Crippen molar-refractivity contribution in [3.05, 3.63) is 0 Å². The van der Waals surface area contributed by atoms with Crippen molar-refractivity contribution in [2.45, 2.75) is 65.4 Å². The van der Waals surface area contributed by atoms with Crippen LogP contribution in [0.15, 0.2) is 0 Å². The van der Waals surface area contributed by atoms with Gasteiger partial charge in [0.2, 0.25) is 0 Å². The number of carbonyl (C=O) groups excluding carboxylic acids is 1. The van der Waals surface area contributed by atoms with Gasteiger partial charge in [0, 0.05) is 6.61 Å². The van der Waals surface area contributed by atoms with E-state index in [-0.39, 0.29) is 12.4 Å². The van der Waals surface area contributed by atoms with Gasteiger partial charge >= 0.3 is 5.97 Å². The molecule has 0 aliphatic rings. The maximum Gasteiger partial charge on any atom is 0.308 e. The molecule has 0 rings (SSSR count). The molecule has 0 radical (unpaired) electrons. The van der Waals surface area contributed by atoms with Crippen molar-refractivity contribution >= 4 is 5.97 Å². The van der Waals surface area contributed by atoms with E-state index in [9.17, 15) is 4.79 Å². The van der Waals surface area contributed by atoms with Crippen LogP contribution in [0.5, 0.6) is 0 Å². The molecule has 0 aliphatic carbocycles. The lowest BCUT2D eigenvalue weighted by molar-refractivity contribution is -0.156. The summed E-state index contributed by atoms with van der Waals surface area (Å²) in [5.41, 5.74) is -0.451. The molecule has 0 spiro atoms. The standard InChI is InChI=1S/C21H42O7/c1-5-6-7-8-10-23-12-14-25-16-18-27-19-17-26-15-13-24-11-9-20(22)28-21(2,3)4/h5-19H2,1-4H3. The largest absolute Gasteiger partial charge is 0.460 e. The van der Waals surface area contributed by atoms with Gasteiger partial charge in [-0.15, -0.1) is 0 Å². The fourth-order valence-corrected chi connectivity index (χ4v) is 2.16. The first-order valence-electron chi connectivity index (χ1n) is 10.6. The zero-order chi connectivity index (χ0) is 20.9. The van der Waals surface area contributed by atoms with E-state index in [1.165, 1.54) is 19.3 Å². The van der Waals surface area contributed by atoms with Crippen LogP contribution in [0.1, 0.15) is 59.8 Å². The fourth-order valence-electron chi connectivity index (χ4n) is 2.16. The third-order valence-electron chi connectivity index (χ3n) is 3.50. The van der Waals surface area contributed by atoms with Crippen molar-refractivity contribution < 1.29 is 33.2 Å². The van der Waals surface area contributed by atoms with Gasteiger partial charge in [-0.25, -0.2) is 0 Å². The Kier molecular flexibility index (Phi) is 19.1. The Morgan fingerprint density at radius 3 is 1.46 bits per heavy atom. The first-order chi connectivity index (χ1) is 13.5. The monoisotopic (exact) mass is 406 g/mol. The summed E-state index contributed by atoms with van der Waals surface area (Å²) in [7, 11) is 0. The van der Waals surface area contributed by atoms with Gasteiger partial charge < -0.3 is 28.4 Å². The average Bonchev–Trinajstić information content (AvgIpc) is 2.62. The lowest BCUT2D eigenvalue weighted by Gasteiger charge is -2.19. The number of hydrogen-bond donors (Lipinski definition) is 0. The molecule has 28 heavy (non-hydrogen) atoms. The Bertz CT molecular complexity index is 342. The second kappa shape index (κ2) is 19.6. The third kappa shape index (κ3) is 23.3. The van der Waals surface area contributed by atoms with Crippen molar-refractivity contribution in [2.75, 3.05) is 66.1 Å². The highest BCUT2D eigenvalue weighted by Gasteiger charge is 2.15. The second-order valence-electron chi connectivity index (χ2n) is 7.46. The van der Waals surface area contributed by atoms with Crippen LogP contribution >= 0.6 is 0 Å². The van der Waals surface area contributed by atoms with E-state index in [0.29, 0.717) is 59.5 Å². The number of carbonyl (C=O) groups is 1. The minimum Gasteiger partial charge on any atom is -0.460 e. The van der Waals surface area contributed by atoms with Crippen LogP contribution in [-0.2, 0) is 33.2 Å². The van der Waals surface area contributed by atoms with E-state index < -0.39 is 5.60 Å². The highest BCUT2D eigenvalue weighted by molar-refractivity contribution is 5.69. The van der Waals surface area contributed by atoms with Gasteiger partial charge in [-0.2, -0.15) is 0 Å². The smallest absolute Gasteiger partial charge is 0.308 e. The molecule has 0 N–H and O–H groups in total. The molecule has 0 saturated carbocycles. The Labute approximate surface area is 171 Å². The van der Waals surface area contributed by atoms with Crippen LogP contribution < -0.4 is 0 Å². The molecular formula is C21H42O7. The van der Waals surface area contributed by atoms with E-state index in [2.05, 4.69) is 6.92 Å². The highest BCUT2D eigenvalue weighted by Crippen LogP contribution is 2.08. The third-order valence-corrected chi connectivity index (χ3v) is 3.50. The van der Waals surface area contributed by atoms with Crippen molar-refractivity contribution in [1.29, 1.82) is 0 Å². The first-order valence-corrected chi connectivity index (χ1v) is 10.6. The normalized spacial score (nSPS) is 11.7. The number of esters is 1. The summed E-state index contributed by atoms with van der Waals surface area (Å²) in [6.07, 6.45) is 5.15. The van der Waals surface area contributed by atoms with Crippen LogP contribution in [0.4, 0.5) is 0 Å². The van der Waals surface area contributed by atoms with Crippen molar-refractivity contribution in [3.63, 3.8) is 0 Å². The van der Waals surface area contributed by atoms with Gasteiger partial charge in [-0.3, -0.25) is 4.79 Å². The van der Waals surface area contributed by atoms with Gasteiger partial charge in [0.25, 0.3) is 0 Å². The number of hydrogen-bond acceptors (Lipinski definition) is 7. The highest BCUT2D eigenvalue weighted by atomic mass is 16.6. The topological polar surface area (TPSA) is 72.5 Å². The van der Waals surface area contributed by atoms with Crippen molar-refractivity contribution in [3.8, 4) is 0 Å². The first kappa shape index (κ1) is 27.3.